The number of hydrogen-bond donors (Lipinski definition) is 2. The molecule has 1 heterocycles. The molecule has 0 fully saturated rings. The van der Waals surface area contributed by atoms with Crippen molar-refractivity contribution in [2.24, 2.45) is 4.99 Å². The predicted molar refractivity (Wildman–Crippen MR) is 93.5 cm³/mol. The fourth-order valence-corrected chi connectivity index (χ4v) is 2.30. The number of guanidine groups is 1. The van der Waals surface area contributed by atoms with E-state index < -0.39 is 0 Å². The molecule has 5 heteroatoms. The van der Waals surface area contributed by atoms with Crippen LogP contribution in [0.5, 0.6) is 0 Å². The second kappa shape index (κ2) is 7.81. The van der Waals surface area contributed by atoms with Crippen LogP contribution >= 0.6 is 0 Å². The number of nitrogens with one attached hydrogen (secondary N) is 2. The van der Waals surface area contributed by atoms with E-state index in [9.17, 15) is 0 Å². The summed E-state index contributed by atoms with van der Waals surface area (Å²) in [6.45, 7) is 12.1. The van der Waals surface area contributed by atoms with E-state index in [4.69, 9.17) is 4.42 Å². The average Bonchev–Trinajstić information content (AvgIpc) is 2.82. The summed E-state index contributed by atoms with van der Waals surface area (Å²) in [5.74, 6) is 2.30. The lowest BCUT2D eigenvalue weighted by atomic mass is 10.1. The van der Waals surface area contributed by atoms with Crippen molar-refractivity contribution in [3.05, 3.63) is 52.2 Å². The van der Waals surface area contributed by atoms with Gasteiger partial charge in [0.05, 0.1) is 18.8 Å². The monoisotopic (exact) mass is 314 g/mol. The second-order valence-corrected chi connectivity index (χ2v) is 5.73. The van der Waals surface area contributed by atoms with Gasteiger partial charge in [0.1, 0.15) is 5.76 Å². The highest BCUT2D eigenvalue weighted by Crippen LogP contribution is 2.11. The van der Waals surface area contributed by atoms with Crippen LogP contribution in [0, 0.1) is 27.7 Å². The van der Waals surface area contributed by atoms with Gasteiger partial charge in [0.15, 0.2) is 5.96 Å². The van der Waals surface area contributed by atoms with Gasteiger partial charge in [-0.2, -0.15) is 0 Å². The molecular formula is C18H26N4O. The van der Waals surface area contributed by atoms with Crippen LogP contribution in [0.2, 0.25) is 0 Å². The lowest BCUT2D eigenvalue weighted by Crippen LogP contribution is -2.36. The van der Waals surface area contributed by atoms with Gasteiger partial charge in [0, 0.05) is 6.54 Å². The largest absolute Gasteiger partial charge is 0.444 e. The maximum absolute atomic E-state index is 5.58. The summed E-state index contributed by atoms with van der Waals surface area (Å²) in [6.07, 6.45) is 0. The van der Waals surface area contributed by atoms with Gasteiger partial charge in [-0.3, -0.25) is 0 Å². The molecule has 2 aromatic rings. The smallest absolute Gasteiger partial charge is 0.214 e. The number of oxazole rings is 1. The normalized spacial score (nSPS) is 11.6. The Bertz CT molecular complexity index is 669. The summed E-state index contributed by atoms with van der Waals surface area (Å²) in [6, 6.07) is 6.44. The molecule has 0 radical (unpaired) electrons. The number of benzene rings is 1. The van der Waals surface area contributed by atoms with Gasteiger partial charge in [0.25, 0.3) is 0 Å². The zero-order chi connectivity index (χ0) is 16.8. The Hall–Kier alpha value is -2.30. The molecule has 0 aliphatic heterocycles. The highest BCUT2D eigenvalue weighted by Gasteiger charge is 2.06. The minimum atomic E-state index is 0.521. The highest BCUT2D eigenvalue weighted by atomic mass is 16.4. The van der Waals surface area contributed by atoms with Crippen molar-refractivity contribution in [2.45, 2.75) is 47.7 Å². The molecule has 0 bridgehead atoms. The molecule has 5 nitrogen and oxygen atoms in total. The van der Waals surface area contributed by atoms with Crippen LogP contribution in [0.4, 0.5) is 0 Å². The molecule has 0 atom stereocenters. The molecule has 0 spiro atoms. The van der Waals surface area contributed by atoms with Crippen molar-refractivity contribution in [2.75, 3.05) is 6.54 Å². The van der Waals surface area contributed by atoms with Crippen LogP contribution in [0.25, 0.3) is 0 Å². The van der Waals surface area contributed by atoms with Crippen LogP contribution in [-0.4, -0.2) is 17.5 Å². The van der Waals surface area contributed by atoms with Gasteiger partial charge in [-0.15, -0.1) is 0 Å². The number of hydrogen-bond acceptors (Lipinski definition) is 3. The zero-order valence-electron chi connectivity index (χ0n) is 14.7. The topological polar surface area (TPSA) is 62.5 Å². The van der Waals surface area contributed by atoms with Gasteiger partial charge < -0.3 is 15.1 Å². The molecule has 2 rings (SSSR count). The predicted octanol–water partition coefficient (Wildman–Crippen LogP) is 3.16. The van der Waals surface area contributed by atoms with E-state index in [2.05, 4.69) is 52.7 Å². The maximum atomic E-state index is 5.58. The van der Waals surface area contributed by atoms with Crippen molar-refractivity contribution in [3.8, 4) is 0 Å². The first-order valence-electron chi connectivity index (χ1n) is 8.00. The van der Waals surface area contributed by atoms with E-state index in [1.807, 2.05) is 20.8 Å². The van der Waals surface area contributed by atoms with Crippen LogP contribution in [0.1, 0.15) is 41.0 Å². The Balaban J connectivity index is 2.01. The zero-order valence-corrected chi connectivity index (χ0v) is 14.7. The summed E-state index contributed by atoms with van der Waals surface area (Å²) in [5.41, 5.74) is 4.70. The van der Waals surface area contributed by atoms with Crippen molar-refractivity contribution in [3.63, 3.8) is 0 Å². The molecule has 0 unspecified atom stereocenters. The summed E-state index contributed by atoms with van der Waals surface area (Å²) in [5, 5.41) is 6.51. The molecule has 2 N–H and O–H groups in total. The number of aryl methyl sites for hydroxylation is 4. The summed E-state index contributed by atoms with van der Waals surface area (Å²) < 4.78 is 5.58. The molecular weight excluding hydrogens is 288 g/mol. The van der Waals surface area contributed by atoms with Crippen molar-refractivity contribution < 1.29 is 4.42 Å². The molecule has 0 aliphatic rings. The Labute approximate surface area is 138 Å². The SMILES string of the molecule is CCNC(=NCc1ccc(C)cc1C)NCc1nc(C)c(C)o1. The van der Waals surface area contributed by atoms with E-state index in [1.54, 1.807) is 0 Å². The van der Waals surface area contributed by atoms with E-state index in [-0.39, 0.29) is 0 Å². The third-order valence-corrected chi connectivity index (χ3v) is 3.73. The van der Waals surface area contributed by atoms with Crippen LogP contribution in [0.15, 0.2) is 27.6 Å². The Morgan fingerprint density at radius 1 is 1.17 bits per heavy atom. The minimum Gasteiger partial charge on any atom is -0.444 e. The van der Waals surface area contributed by atoms with Crippen LogP contribution in [-0.2, 0) is 13.1 Å². The molecule has 0 aliphatic carbocycles. The third kappa shape index (κ3) is 4.84. The first kappa shape index (κ1) is 17.1. The van der Waals surface area contributed by atoms with Gasteiger partial charge in [-0.25, -0.2) is 9.98 Å². The maximum Gasteiger partial charge on any atom is 0.214 e. The fourth-order valence-electron chi connectivity index (χ4n) is 2.30. The van der Waals surface area contributed by atoms with Gasteiger partial charge in [-0.05, 0) is 45.7 Å². The molecule has 23 heavy (non-hydrogen) atoms. The molecule has 0 amide bonds. The van der Waals surface area contributed by atoms with Crippen molar-refractivity contribution in [1.29, 1.82) is 0 Å². The number of aliphatic imine (C=N–C) groups is 1. The Kier molecular flexibility index (Phi) is 5.79. The average molecular weight is 314 g/mol. The van der Waals surface area contributed by atoms with Crippen molar-refractivity contribution >= 4 is 5.96 Å². The quantitative estimate of drug-likeness (QED) is 0.657. The fraction of sp³-hybridized carbons (Fsp3) is 0.444. The Morgan fingerprint density at radius 2 is 1.96 bits per heavy atom. The van der Waals surface area contributed by atoms with Gasteiger partial charge in [0.2, 0.25) is 5.89 Å². The summed E-state index contributed by atoms with van der Waals surface area (Å²) in [7, 11) is 0. The van der Waals surface area contributed by atoms with E-state index in [1.165, 1.54) is 16.7 Å². The number of aromatic nitrogens is 1. The van der Waals surface area contributed by atoms with Crippen LogP contribution in [0.3, 0.4) is 0 Å². The lowest BCUT2D eigenvalue weighted by molar-refractivity contribution is 0.463. The van der Waals surface area contributed by atoms with E-state index >= 15 is 0 Å². The van der Waals surface area contributed by atoms with Gasteiger partial charge >= 0.3 is 0 Å². The third-order valence-electron chi connectivity index (χ3n) is 3.73. The molecule has 1 aromatic heterocycles. The summed E-state index contributed by atoms with van der Waals surface area (Å²) >= 11 is 0. The first-order chi connectivity index (χ1) is 11.0. The minimum absolute atomic E-state index is 0.521. The standard InChI is InChI=1S/C18H26N4O/c1-6-19-18(21-11-17-22-14(4)15(5)23-17)20-10-16-8-7-12(2)9-13(16)3/h7-9H,6,10-11H2,1-5H3,(H2,19,20,21). The van der Waals surface area contributed by atoms with Crippen LogP contribution < -0.4 is 10.6 Å². The molecule has 124 valence electrons. The molecule has 1 aromatic carbocycles. The Morgan fingerprint density at radius 3 is 2.57 bits per heavy atom. The van der Waals surface area contributed by atoms with E-state index in [0.717, 1.165) is 24.0 Å². The second-order valence-electron chi connectivity index (χ2n) is 5.73. The molecule has 0 saturated heterocycles. The number of nitrogens with zero attached hydrogens (tertiary/aromatic N) is 2. The lowest BCUT2D eigenvalue weighted by Gasteiger charge is -2.10. The summed E-state index contributed by atoms with van der Waals surface area (Å²) in [4.78, 5) is 9.02. The van der Waals surface area contributed by atoms with Crippen molar-refractivity contribution in [1.82, 2.24) is 15.6 Å². The number of rotatable bonds is 5. The first-order valence-corrected chi connectivity index (χ1v) is 8.00. The van der Waals surface area contributed by atoms with E-state index in [0.29, 0.717) is 19.0 Å². The van der Waals surface area contributed by atoms with Gasteiger partial charge in [-0.1, -0.05) is 23.8 Å². The molecule has 0 saturated carbocycles. The highest BCUT2D eigenvalue weighted by molar-refractivity contribution is 5.79.